The molecule has 4 atom stereocenters. The fraction of sp³-hybridized carbons (Fsp3) is 0.800. The van der Waals surface area contributed by atoms with E-state index in [1.165, 1.54) is 11.8 Å². The van der Waals surface area contributed by atoms with Crippen LogP contribution < -0.4 is 16.0 Å². The topological polar surface area (TPSA) is 128 Å². The largest absolute Gasteiger partial charge is 0.480 e. The van der Waals surface area contributed by atoms with Gasteiger partial charge in [0.2, 0.25) is 17.7 Å². The van der Waals surface area contributed by atoms with Gasteiger partial charge in [0.05, 0.1) is 6.04 Å². The van der Waals surface area contributed by atoms with Gasteiger partial charge in [0.25, 0.3) is 0 Å². The standard InChI is InChI=1S/C20H34N4O5S2/c1-30-11-7-13(17(25)23-15(20(28)29)8-12-31-2)22-18(26)16-6-4-10-24(16)19(27)14-5-3-9-21-14/h13-16,21H,3-12H2,1-2H3,(H,22,26)(H,23,25)(H,28,29). The second kappa shape index (κ2) is 13.2. The number of carbonyl (C=O) groups excluding carboxylic acids is 3. The van der Waals surface area contributed by atoms with Gasteiger partial charge in [0.15, 0.2) is 0 Å². The number of aliphatic carboxylic acids is 1. The highest BCUT2D eigenvalue weighted by atomic mass is 32.2. The molecular formula is C20H34N4O5S2. The molecule has 4 unspecified atom stereocenters. The van der Waals surface area contributed by atoms with Crippen molar-refractivity contribution in [2.24, 2.45) is 0 Å². The highest BCUT2D eigenvalue weighted by Crippen LogP contribution is 2.21. The molecule has 0 aromatic rings. The van der Waals surface area contributed by atoms with Crippen molar-refractivity contribution in [2.75, 3.05) is 37.1 Å². The van der Waals surface area contributed by atoms with Gasteiger partial charge in [-0.05, 0) is 69.1 Å². The summed E-state index contributed by atoms with van der Waals surface area (Å²) in [5.74, 6) is -0.740. The third kappa shape index (κ3) is 7.57. The summed E-state index contributed by atoms with van der Waals surface area (Å²) in [6.45, 7) is 1.34. The van der Waals surface area contributed by atoms with Crippen molar-refractivity contribution < 1.29 is 24.3 Å². The lowest BCUT2D eigenvalue weighted by atomic mass is 10.1. The number of carbonyl (C=O) groups is 4. The van der Waals surface area contributed by atoms with Crippen LogP contribution in [0.25, 0.3) is 0 Å². The van der Waals surface area contributed by atoms with E-state index in [1.54, 1.807) is 16.7 Å². The molecule has 11 heteroatoms. The van der Waals surface area contributed by atoms with E-state index in [0.717, 1.165) is 25.8 Å². The van der Waals surface area contributed by atoms with Gasteiger partial charge in [-0.3, -0.25) is 14.4 Å². The smallest absolute Gasteiger partial charge is 0.326 e. The maximum atomic E-state index is 13.0. The van der Waals surface area contributed by atoms with Crippen LogP contribution in [0, 0.1) is 0 Å². The van der Waals surface area contributed by atoms with Crippen molar-refractivity contribution in [2.45, 2.75) is 62.7 Å². The van der Waals surface area contributed by atoms with Crippen LogP contribution in [-0.2, 0) is 19.2 Å². The van der Waals surface area contributed by atoms with Gasteiger partial charge in [-0.25, -0.2) is 4.79 Å². The molecule has 2 saturated heterocycles. The summed E-state index contributed by atoms with van der Waals surface area (Å²) in [5.41, 5.74) is 0. The van der Waals surface area contributed by atoms with E-state index in [1.807, 2.05) is 12.5 Å². The Labute approximate surface area is 192 Å². The Morgan fingerprint density at radius 1 is 1.03 bits per heavy atom. The molecule has 0 aliphatic carbocycles. The van der Waals surface area contributed by atoms with Crippen molar-refractivity contribution in [1.82, 2.24) is 20.9 Å². The van der Waals surface area contributed by atoms with Crippen LogP contribution in [0.1, 0.15) is 38.5 Å². The molecule has 0 aromatic carbocycles. The summed E-state index contributed by atoms with van der Waals surface area (Å²) in [4.78, 5) is 51.7. The fourth-order valence-corrected chi connectivity index (χ4v) is 4.88. The molecule has 0 radical (unpaired) electrons. The summed E-state index contributed by atoms with van der Waals surface area (Å²) in [5, 5.41) is 17.9. The number of nitrogens with zero attached hydrogens (tertiary/aromatic N) is 1. The summed E-state index contributed by atoms with van der Waals surface area (Å²) >= 11 is 3.05. The van der Waals surface area contributed by atoms with Gasteiger partial charge in [-0.2, -0.15) is 23.5 Å². The molecule has 9 nitrogen and oxygen atoms in total. The summed E-state index contributed by atoms with van der Waals surface area (Å²) in [6, 6.07) is -2.66. The quantitative estimate of drug-likeness (QED) is 0.318. The lowest BCUT2D eigenvalue weighted by molar-refractivity contribution is -0.143. The average molecular weight is 475 g/mol. The first-order chi connectivity index (χ1) is 14.9. The normalized spacial score (nSPS) is 22.7. The van der Waals surface area contributed by atoms with Gasteiger partial charge in [0, 0.05) is 6.54 Å². The molecule has 2 rings (SSSR count). The fourth-order valence-electron chi connectivity index (χ4n) is 3.94. The van der Waals surface area contributed by atoms with Crippen LogP contribution >= 0.6 is 23.5 Å². The van der Waals surface area contributed by atoms with Crippen LogP contribution in [0.4, 0.5) is 0 Å². The molecule has 2 fully saturated rings. The number of carboxylic acid groups (broad SMARTS) is 1. The second-order valence-electron chi connectivity index (χ2n) is 7.86. The Bertz CT molecular complexity index is 645. The minimum atomic E-state index is -1.09. The predicted octanol–water partition coefficient (Wildman–Crippen LogP) is 0.290. The van der Waals surface area contributed by atoms with Crippen molar-refractivity contribution in [3.8, 4) is 0 Å². The Kier molecular flexibility index (Phi) is 11.0. The van der Waals surface area contributed by atoms with E-state index < -0.39 is 30.0 Å². The number of likely N-dealkylation sites (tertiary alicyclic amines) is 1. The SMILES string of the molecule is CSCCC(NC(=O)C(CCSC)NC(=O)C1CCCN1C(=O)C1CCCN1)C(=O)O. The Morgan fingerprint density at radius 2 is 1.71 bits per heavy atom. The zero-order valence-corrected chi connectivity index (χ0v) is 19.9. The van der Waals surface area contributed by atoms with E-state index in [2.05, 4.69) is 16.0 Å². The number of rotatable bonds is 12. The molecule has 4 N–H and O–H groups in total. The average Bonchev–Trinajstić information content (AvgIpc) is 3.45. The van der Waals surface area contributed by atoms with Crippen LogP contribution in [0.3, 0.4) is 0 Å². The van der Waals surface area contributed by atoms with Crippen molar-refractivity contribution >= 4 is 47.2 Å². The van der Waals surface area contributed by atoms with E-state index >= 15 is 0 Å². The van der Waals surface area contributed by atoms with E-state index in [9.17, 15) is 24.3 Å². The summed E-state index contributed by atoms with van der Waals surface area (Å²) in [7, 11) is 0. The van der Waals surface area contributed by atoms with Crippen molar-refractivity contribution in [1.29, 1.82) is 0 Å². The number of amides is 3. The van der Waals surface area contributed by atoms with Crippen LogP contribution in [0.15, 0.2) is 0 Å². The molecule has 2 aliphatic rings. The number of hydrogen-bond donors (Lipinski definition) is 4. The first-order valence-electron chi connectivity index (χ1n) is 10.7. The molecule has 0 bridgehead atoms. The first kappa shape index (κ1) is 25.8. The van der Waals surface area contributed by atoms with Gasteiger partial charge >= 0.3 is 5.97 Å². The van der Waals surface area contributed by atoms with Crippen molar-refractivity contribution in [3.63, 3.8) is 0 Å². The molecule has 31 heavy (non-hydrogen) atoms. The van der Waals surface area contributed by atoms with Crippen LogP contribution in [-0.4, -0.2) is 95.0 Å². The Balaban J connectivity index is 2.02. The molecular weight excluding hydrogens is 440 g/mol. The molecule has 3 amide bonds. The number of nitrogens with one attached hydrogen (secondary N) is 3. The molecule has 0 aromatic heterocycles. The molecule has 2 aliphatic heterocycles. The van der Waals surface area contributed by atoms with Crippen molar-refractivity contribution in [3.05, 3.63) is 0 Å². The third-order valence-electron chi connectivity index (χ3n) is 5.67. The number of thioether (sulfide) groups is 2. The maximum absolute atomic E-state index is 13.0. The lowest BCUT2D eigenvalue weighted by Gasteiger charge is -2.28. The highest BCUT2D eigenvalue weighted by Gasteiger charge is 2.39. The monoisotopic (exact) mass is 474 g/mol. The van der Waals surface area contributed by atoms with Gasteiger partial charge in [-0.15, -0.1) is 0 Å². The summed E-state index contributed by atoms with van der Waals surface area (Å²) in [6.07, 6.45) is 7.50. The number of hydrogen-bond acceptors (Lipinski definition) is 7. The predicted molar refractivity (Wildman–Crippen MR) is 123 cm³/mol. The van der Waals surface area contributed by atoms with Gasteiger partial charge in [0.1, 0.15) is 18.1 Å². The van der Waals surface area contributed by atoms with Gasteiger partial charge in [-0.1, -0.05) is 0 Å². The Hall–Kier alpha value is -1.46. The molecule has 0 saturated carbocycles. The van der Waals surface area contributed by atoms with E-state index in [-0.39, 0.29) is 17.9 Å². The van der Waals surface area contributed by atoms with E-state index in [4.69, 9.17) is 0 Å². The minimum absolute atomic E-state index is 0.0525. The van der Waals surface area contributed by atoms with Crippen LogP contribution in [0.5, 0.6) is 0 Å². The molecule has 176 valence electrons. The highest BCUT2D eigenvalue weighted by molar-refractivity contribution is 7.98. The van der Waals surface area contributed by atoms with Gasteiger partial charge < -0.3 is 26.0 Å². The molecule has 0 spiro atoms. The zero-order chi connectivity index (χ0) is 22.8. The Morgan fingerprint density at radius 3 is 2.29 bits per heavy atom. The molecule has 2 heterocycles. The zero-order valence-electron chi connectivity index (χ0n) is 18.2. The maximum Gasteiger partial charge on any atom is 0.326 e. The first-order valence-corrected chi connectivity index (χ1v) is 13.5. The lowest BCUT2D eigenvalue weighted by Crippen LogP contribution is -2.56. The third-order valence-corrected chi connectivity index (χ3v) is 6.95. The summed E-state index contributed by atoms with van der Waals surface area (Å²) < 4.78 is 0. The van der Waals surface area contributed by atoms with E-state index in [0.29, 0.717) is 37.3 Å². The second-order valence-corrected chi connectivity index (χ2v) is 9.83. The van der Waals surface area contributed by atoms with Crippen LogP contribution in [0.2, 0.25) is 0 Å². The minimum Gasteiger partial charge on any atom is -0.480 e. The number of carboxylic acids is 1.